The Morgan fingerprint density at radius 1 is 1.24 bits per heavy atom. The number of nitrogens with zero attached hydrogens (tertiary/aromatic N) is 2. The number of para-hydroxylation sites is 1. The summed E-state index contributed by atoms with van der Waals surface area (Å²) < 4.78 is 6.05. The molecule has 0 radical (unpaired) electrons. The lowest BCUT2D eigenvalue weighted by Gasteiger charge is -2.08. The lowest BCUT2D eigenvalue weighted by Crippen LogP contribution is -2.27. The van der Waals surface area contributed by atoms with Crippen molar-refractivity contribution in [1.29, 1.82) is 0 Å². The highest BCUT2D eigenvalue weighted by Crippen LogP contribution is 2.29. The van der Waals surface area contributed by atoms with Crippen LogP contribution in [0.15, 0.2) is 46.8 Å². The van der Waals surface area contributed by atoms with Crippen molar-refractivity contribution in [3.63, 3.8) is 0 Å². The molecule has 3 rings (SSSR count). The Balaban J connectivity index is 1.43. The fraction of sp³-hybridized carbons (Fsp3) is 0.250. The number of carbonyl (C=O) groups excluding carboxylic acids is 1. The molecule has 2 N–H and O–H groups in total. The number of rotatable bonds is 9. The van der Waals surface area contributed by atoms with Crippen LogP contribution in [0.25, 0.3) is 0 Å². The first-order valence-corrected chi connectivity index (χ1v) is 11.1. The number of aromatic nitrogens is 2. The molecule has 0 saturated carbocycles. The number of thioether (sulfide) groups is 1. The van der Waals surface area contributed by atoms with Crippen LogP contribution in [-0.2, 0) is 11.2 Å². The van der Waals surface area contributed by atoms with Crippen LogP contribution in [0.5, 0.6) is 5.75 Å². The number of ether oxygens (including phenoxy) is 1. The summed E-state index contributed by atoms with van der Waals surface area (Å²) in [5.41, 5.74) is 2.93. The van der Waals surface area contributed by atoms with Crippen molar-refractivity contribution in [3.8, 4) is 5.75 Å². The summed E-state index contributed by atoms with van der Waals surface area (Å²) in [4.78, 5) is 12.1. The minimum atomic E-state index is -0.0417. The van der Waals surface area contributed by atoms with E-state index in [1.165, 1.54) is 23.1 Å². The third-order valence-electron chi connectivity index (χ3n) is 4.07. The van der Waals surface area contributed by atoms with E-state index in [1.54, 1.807) is 7.11 Å². The number of halogens is 1. The van der Waals surface area contributed by atoms with E-state index in [2.05, 4.69) is 20.8 Å². The van der Waals surface area contributed by atoms with Crippen LogP contribution in [0.2, 0.25) is 5.02 Å². The molecule has 0 aliphatic heterocycles. The fourth-order valence-corrected chi connectivity index (χ4v) is 4.32. The van der Waals surface area contributed by atoms with Crippen LogP contribution in [0.1, 0.15) is 11.1 Å². The highest BCUT2D eigenvalue weighted by atomic mass is 35.5. The van der Waals surface area contributed by atoms with Gasteiger partial charge in [-0.05, 0) is 42.7 Å². The zero-order chi connectivity index (χ0) is 20.6. The van der Waals surface area contributed by atoms with Gasteiger partial charge in [0, 0.05) is 17.3 Å². The molecular weight excluding hydrogens is 428 g/mol. The molecule has 0 atom stereocenters. The Morgan fingerprint density at radius 3 is 2.86 bits per heavy atom. The van der Waals surface area contributed by atoms with Crippen LogP contribution < -0.4 is 15.4 Å². The molecule has 3 aromatic rings. The van der Waals surface area contributed by atoms with Crippen LogP contribution in [0, 0.1) is 6.92 Å². The smallest absolute Gasteiger partial charge is 0.230 e. The van der Waals surface area contributed by atoms with Gasteiger partial charge in [0.15, 0.2) is 4.34 Å². The summed E-state index contributed by atoms with van der Waals surface area (Å²) in [7, 11) is 1.65. The number of hydrogen-bond acceptors (Lipinski definition) is 7. The third-order valence-corrected chi connectivity index (χ3v) is 6.44. The zero-order valence-corrected chi connectivity index (χ0v) is 18.5. The van der Waals surface area contributed by atoms with Gasteiger partial charge in [0.2, 0.25) is 11.0 Å². The summed E-state index contributed by atoms with van der Waals surface area (Å²) in [5.74, 6) is 1.08. The van der Waals surface area contributed by atoms with E-state index < -0.39 is 0 Å². The first-order valence-electron chi connectivity index (χ1n) is 8.93. The van der Waals surface area contributed by atoms with Crippen LogP contribution >= 0.6 is 34.7 Å². The number of carbonyl (C=O) groups is 1. The summed E-state index contributed by atoms with van der Waals surface area (Å²) in [5, 5.41) is 15.7. The zero-order valence-electron chi connectivity index (χ0n) is 16.1. The molecule has 29 heavy (non-hydrogen) atoms. The largest absolute Gasteiger partial charge is 0.496 e. The van der Waals surface area contributed by atoms with Crippen LogP contribution in [0.3, 0.4) is 0 Å². The lowest BCUT2D eigenvalue weighted by molar-refractivity contribution is -0.118. The minimum Gasteiger partial charge on any atom is -0.496 e. The molecular formula is C20H21ClN4O2S2. The SMILES string of the molecule is COc1ccccc1CCNC(=O)CSc1nnc(Nc2ccc(C)c(Cl)c2)s1. The highest BCUT2D eigenvalue weighted by molar-refractivity contribution is 8.01. The summed E-state index contributed by atoms with van der Waals surface area (Å²) >= 11 is 8.90. The van der Waals surface area contributed by atoms with Crippen molar-refractivity contribution in [2.75, 3.05) is 24.7 Å². The monoisotopic (exact) mass is 448 g/mol. The number of aryl methyl sites for hydroxylation is 1. The maximum absolute atomic E-state index is 12.1. The molecule has 0 aliphatic carbocycles. The second-order valence-corrected chi connectivity index (χ2v) is 8.77. The summed E-state index contributed by atoms with van der Waals surface area (Å²) in [6, 6.07) is 13.5. The van der Waals surface area contributed by atoms with Crippen LogP contribution in [-0.4, -0.2) is 35.5 Å². The lowest BCUT2D eigenvalue weighted by atomic mass is 10.1. The quantitative estimate of drug-likeness (QED) is 0.462. The van der Waals surface area contributed by atoms with Crippen molar-refractivity contribution in [3.05, 3.63) is 58.6 Å². The minimum absolute atomic E-state index is 0.0417. The number of anilines is 2. The molecule has 1 amide bonds. The van der Waals surface area contributed by atoms with E-state index in [9.17, 15) is 4.79 Å². The first-order chi connectivity index (χ1) is 14.0. The molecule has 0 bridgehead atoms. The number of methoxy groups -OCH3 is 1. The van der Waals surface area contributed by atoms with E-state index >= 15 is 0 Å². The van der Waals surface area contributed by atoms with E-state index in [4.69, 9.17) is 16.3 Å². The Bertz CT molecular complexity index is 981. The molecule has 0 saturated heterocycles. The van der Waals surface area contributed by atoms with Crippen molar-refractivity contribution in [1.82, 2.24) is 15.5 Å². The van der Waals surface area contributed by atoms with E-state index in [1.807, 2.05) is 49.4 Å². The topological polar surface area (TPSA) is 76.1 Å². The molecule has 0 unspecified atom stereocenters. The Labute approximate surface area is 183 Å². The average molecular weight is 449 g/mol. The second-order valence-electron chi connectivity index (χ2n) is 6.16. The maximum atomic E-state index is 12.1. The number of hydrogen-bond donors (Lipinski definition) is 2. The van der Waals surface area contributed by atoms with Gasteiger partial charge in [0.05, 0.1) is 12.9 Å². The summed E-state index contributed by atoms with van der Waals surface area (Å²) in [6.45, 7) is 2.50. The second kappa shape index (κ2) is 10.5. The Kier molecular flexibility index (Phi) is 7.74. The van der Waals surface area contributed by atoms with Crippen LogP contribution in [0.4, 0.5) is 10.8 Å². The molecule has 9 heteroatoms. The van der Waals surface area contributed by atoms with E-state index in [0.717, 1.165) is 26.9 Å². The predicted octanol–water partition coefficient (Wildman–Crippen LogP) is 4.70. The highest BCUT2D eigenvalue weighted by Gasteiger charge is 2.09. The van der Waals surface area contributed by atoms with E-state index in [-0.39, 0.29) is 11.7 Å². The Morgan fingerprint density at radius 2 is 2.07 bits per heavy atom. The van der Waals surface area contributed by atoms with Crippen molar-refractivity contribution in [2.45, 2.75) is 17.7 Å². The molecule has 1 heterocycles. The van der Waals surface area contributed by atoms with Gasteiger partial charge in [-0.25, -0.2) is 0 Å². The summed E-state index contributed by atoms with van der Waals surface area (Å²) in [6.07, 6.45) is 0.715. The molecule has 0 aliphatic rings. The normalized spacial score (nSPS) is 10.6. The fourth-order valence-electron chi connectivity index (χ4n) is 2.54. The standard InChI is InChI=1S/C20H21ClN4O2S2/c1-13-7-8-15(11-16(13)21)23-19-24-25-20(29-19)28-12-18(26)22-10-9-14-5-3-4-6-17(14)27-2/h3-8,11H,9-10,12H2,1-2H3,(H,22,26)(H,23,24). The van der Waals surface area contributed by atoms with Gasteiger partial charge in [0.25, 0.3) is 0 Å². The van der Waals surface area contributed by atoms with Gasteiger partial charge < -0.3 is 15.4 Å². The molecule has 0 spiro atoms. The van der Waals surface area contributed by atoms with Crippen molar-refractivity contribution in [2.24, 2.45) is 0 Å². The maximum Gasteiger partial charge on any atom is 0.230 e. The van der Waals surface area contributed by atoms with Gasteiger partial charge in [-0.2, -0.15) is 0 Å². The molecule has 1 aromatic heterocycles. The van der Waals surface area contributed by atoms with Gasteiger partial charge in [-0.15, -0.1) is 10.2 Å². The third kappa shape index (κ3) is 6.35. The van der Waals surface area contributed by atoms with Gasteiger partial charge in [0.1, 0.15) is 5.75 Å². The van der Waals surface area contributed by atoms with Crippen molar-refractivity contribution >= 4 is 51.4 Å². The predicted molar refractivity (Wildman–Crippen MR) is 120 cm³/mol. The number of amides is 1. The van der Waals surface area contributed by atoms with Crippen molar-refractivity contribution < 1.29 is 9.53 Å². The van der Waals surface area contributed by atoms with Gasteiger partial charge in [-0.3, -0.25) is 4.79 Å². The Hall–Kier alpha value is -2.29. The first kappa shape index (κ1) is 21.4. The average Bonchev–Trinajstić information content (AvgIpc) is 3.17. The molecule has 6 nitrogen and oxygen atoms in total. The van der Waals surface area contributed by atoms with Gasteiger partial charge >= 0.3 is 0 Å². The molecule has 2 aromatic carbocycles. The number of nitrogens with one attached hydrogen (secondary N) is 2. The number of benzene rings is 2. The van der Waals surface area contributed by atoms with Gasteiger partial charge in [-0.1, -0.05) is 59.0 Å². The molecule has 0 fully saturated rings. The molecule has 152 valence electrons. The van der Waals surface area contributed by atoms with E-state index in [0.29, 0.717) is 23.1 Å².